The lowest BCUT2D eigenvalue weighted by atomic mass is 10.2. The van der Waals surface area contributed by atoms with Gasteiger partial charge < -0.3 is 5.32 Å². The Morgan fingerprint density at radius 2 is 1.88 bits per heavy atom. The van der Waals surface area contributed by atoms with Gasteiger partial charge in [0, 0.05) is 11.1 Å². The molecule has 0 bridgehead atoms. The van der Waals surface area contributed by atoms with Crippen molar-refractivity contribution in [2.45, 2.75) is 12.6 Å². The Morgan fingerprint density at radius 1 is 1.12 bits per heavy atom. The zero-order chi connectivity index (χ0) is 17.2. The standard InChI is InChI=1S/C16H11F3N2OS2/c17-16(18,19)10-3-5-11(6-4-10)20-14(22)8-12-9-24-15(21-12)13-2-1-7-23-13/h1-7,9H,8H2,(H,20,22). The molecule has 0 aliphatic carbocycles. The number of nitrogens with zero attached hydrogens (tertiary/aromatic N) is 1. The highest BCUT2D eigenvalue weighted by molar-refractivity contribution is 7.20. The lowest BCUT2D eigenvalue weighted by Crippen LogP contribution is -2.15. The molecule has 0 fully saturated rings. The van der Waals surface area contributed by atoms with E-state index in [2.05, 4.69) is 10.3 Å². The van der Waals surface area contributed by atoms with Crippen LogP contribution >= 0.6 is 22.7 Å². The minimum atomic E-state index is -4.39. The number of carbonyl (C=O) groups is 1. The van der Waals surface area contributed by atoms with Crippen LogP contribution in [0, 0.1) is 0 Å². The van der Waals surface area contributed by atoms with Crippen molar-refractivity contribution in [3.05, 3.63) is 58.4 Å². The van der Waals surface area contributed by atoms with Crippen LogP contribution in [0.1, 0.15) is 11.3 Å². The largest absolute Gasteiger partial charge is 0.416 e. The third-order valence-corrected chi connectivity index (χ3v) is 5.05. The van der Waals surface area contributed by atoms with Gasteiger partial charge in [-0.3, -0.25) is 4.79 Å². The molecule has 3 rings (SSSR count). The van der Waals surface area contributed by atoms with E-state index in [0.29, 0.717) is 11.4 Å². The summed E-state index contributed by atoms with van der Waals surface area (Å²) in [5, 5.41) is 7.18. The molecule has 1 amide bonds. The Labute approximate surface area is 143 Å². The number of rotatable bonds is 4. The van der Waals surface area contributed by atoms with Gasteiger partial charge >= 0.3 is 6.18 Å². The van der Waals surface area contributed by atoms with E-state index in [1.807, 2.05) is 17.5 Å². The molecule has 0 saturated carbocycles. The Hall–Kier alpha value is -2.19. The molecule has 24 heavy (non-hydrogen) atoms. The molecule has 0 radical (unpaired) electrons. The number of hydrogen-bond acceptors (Lipinski definition) is 4. The van der Waals surface area contributed by atoms with Gasteiger partial charge in [0.25, 0.3) is 0 Å². The monoisotopic (exact) mass is 368 g/mol. The first-order valence-corrected chi connectivity index (χ1v) is 8.63. The number of carbonyl (C=O) groups excluding carboxylic acids is 1. The molecule has 3 aromatic rings. The van der Waals surface area contributed by atoms with E-state index < -0.39 is 11.7 Å². The van der Waals surface area contributed by atoms with Crippen molar-refractivity contribution in [1.82, 2.24) is 4.98 Å². The fourth-order valence-corrected chi connectivity index (χ4v) is 3.65. The smallest absolute Gasteiger partial charge is 0.326 e. The van der Waals surface area contributed by atoms with Crippen LogP contribution in [-0.4, -0.2) is 10.9 Å². The summed E-state index contributed by atoms with van der Waals surface area (Å²) in [4.78, 5) is 17.4. The van der Waals surface area contributed by atoms with Gasteiger partial charge in [-0.2, -0.15) is 13.2 Å². The zero-order valence-electron chi connectivity index (χ0n) is 12.1. The number of amides is 1. The number of anilines is 1. The molecule has 0 aliphatic rings. The van der Waals surface area contributed by atoms with Crippen LogP contribution in [0.25, 0.3) is 9.88 Å². The van der Waals surface area contributed by atoms with E-state index in [4.69, 9.17) is 0 Å². The fraction of sp³-hybridized carbons (Fsp3) is 0.125. The van der Waals surface area contributed by atoms with Crippen LogP contribution in [0.5, 0.6) is 0 Å². The lowest BCUT2D eigenvalue weighted by Gasteiger charge is -2.08. The van der Waals surface area contributed by atoms with Gasteiger partial charge in [-0.1, -0.05) is 6.07 Å². The average molecular weight is 368 g/mol. The van der Waals surface area contributed by atoms with Gasteiger partial charge in [-0.25, -0.2) is 4.98 Å². The third kappa shape index (κ3) is 4.01. The van der Waals surface area contributed by atoms with Crippen LogP contribution in [0.3, 0.4) is 0 Å². The summed E-state index contributed by atoms with van der Waals surface area (Å²) in [6.07, 6.45) is -4.32. The summed E-state index contributed by atoms with van der Waals surface area (Å²) in [6.45, 7) is 0. The normalized spacial score (nSPS) is 11.5. The minimum Gasteiger partial charge on any atom is -0.326 e. The lowest BCUT2D eigenvalue weighted by molar-refractivity contribution is -0.137. The number of benzene rings is 1. The number of aromatic nitrogens is 1. The summed E-state index contributed by atoms with van der Waals surface area (Å²) in [6, 6.07) is 8.23. The number of alkyl halides is 3. The summed E-state index contributed by atoms with van der Waals surface area (Å²) < 4.78 is 37.5. The first-order valence-electron chi connectivity index (χ1n) is 6.87. The molecule has 2 heterocycles. The maximum atomic E-state index is 12.5. The molecule has 1 aromatic carbocycles. The molecule has 0 aliphatic heterocycles. The van der Waals surface area contributed by atoms with E-state index in [1.54, 1.807) is 16.7 Å². The second kappa shape index (κ2) is 6.74. The maximum Gasteiger partial charge on any atom is 0.416 e. The quantitative estimate of drug-likeness (QED) is 0.698. The maximum absolute atomic E-state index is 12.5. The van der Waals surface area contributed by atoms with Gasteiger partial charge in [-0.15, -0.1) is 22.7 Å². The van der Waals surface area contributed by atoms with Crippen molar-refractivity contribution in [1.29, 1.82) is 0 Å². The average Bonchev–Trinajstić information content (AvgIpc) is 3.17. The van der Waals surface area contributed by atoms with Crippen LogP contribution in [0.4, 0.5) is 18.9 Å². The van der Waals surface area contributed by atoms with Gasteiger partial charge in [0.1, 0.15) is 5.01 Å². The van der Waals surface area contributed by atoms with Crippen molar-refractivity contribution in [2.24, 2.45) is 0 Å². The molecule has 8 heteroatoms. The van der Waals surface area contributed by atoms with Gasteiger partial charge in [0.05, 0.1) is 22.6 Å². The first kappa shape index (κ1) is 16.7. The molecular formula is C16H11F3N2OS2. The Bertz CT molecular complexity index is 824. The van der Waals surface area contributed by atoms with Gasteiger partial charge in [0.2, 0.25) is 5.91 Å². The first-order chi connectivity index (χ1) is 11.4. The van der Waals surface area contributed by atoms with Gasteiger partial charge in [-0.05, 0) is 35.7 Å². The fourth-order valence-electron chi connectivity index (χ4n) is 2.01. The SMILES string of the molecule is O=C(Cc1csc(-c2cccs2)n1)Nc1ccc(C(F)(F)F)cc1. The van der Waals surface area contributed by atoms with E-state index >= 15 is 0 Å². The Morgan fingerprint density at radius 3 is 2.50 bits per heavy atom. The van der Waals surface area contributed by atoms with Crippen LogP contribution in [0.15, 0.2) is 47.2 Å². The predicted molar refractivity (Wildman–Crippen MR) is 89.2 cm³/mol. The summed E-state index contributed by atoms with van der Waals surface area (Å²) in [5.41, 5.74) is 0.204. The predicted octanol–water partition coefficient (Wildman–Crippen LogP) is 5.07. The van der Waals surface area contributed by atoms with Crippen molar-refractivity contribution >= 4 is 34.3 Å². The molecule has 0 unspecified atom stereocenters. The van der Waals surface area contributed by atoms with Crippen molar-refractivity contribution in [3.8, 4) is 9.88 Å². The molecule has 1 N–H and O–H groups in total. The number of thiophene rings is 1. The van der Waals surface area contributed by atoms with Crippen molar-refractivity contribution in [3.63, 3.8) is 0 Å². The van der Waals surface area contributed by atoms with E-state index in [9.17, 15) is 18.0 Å². The Balaban J connectivity index is 1.62. The van der Waals surface area contributed by atoms with E-state index in [0.717, 1.165) is 22.0 Å². The molecule has 124 valence electrons. The molecule has 0 atom stereocenters. The zero-order valence-corrected chi connectivity index (χ0v) is 13.8. The number of hydrogen-bond donors (Lipinski definition) is 1. The molecule has 3 nitrogen and oxygen atoms in total. The van der Waals surface area contributed by atoms with Crippen molar-refractivity contribution < 1.29 is 18.0 Å². The second-order valence-corrected chi connectivity index (χ2v) is 6.73. The molecule has 2 aromatic heterocycles. The van der Waals surface area contributed by atoms with Crippen LogP contribution in [-0.2, 0) is 17.4 Å². The number of halogens is 3. The molecule has 0 saturated heterocycles. The van der Waals surface area contributed by atoms with E-state index in [-0.39, 0.29) is 12.3 Å². The topological polar surface area (TPSA) is 42.0 Å². The second-order valence-electron chi connectivity index (χ2n) is 4.92. The van der Waals surface area contributed by atoms with Crippen LogP contribution in [0.2, 0.25) is 0 Å². The summed E-state index contributed by atoms with van der Waals surface area (Å²) >= 11 is 3.02. The summed E-state index contributed by atoms with van der Waals surface area (Å²) in [7, 11) is 0. The Kier molecular flexibility index (Phi) is 4.68. The summed E-state index contributed by atoms with van der Waals surface area (Å²) in [5.74, 6) is -0.321. The minimum absolute atomic E-state index is 0.0723. The highest BCUT2D eigenvalue weighted by Crippen LogP contribution is 2.30. The number of thiazole rings is 1. The van der Waals surface area contributed by atoms with Crippen molar-refractivity contribution in [2.75, 3.05) is 5.32 Å². The molecule has 0 spiro atoms. The highest BCUT2D eigenvalue weighted by atomic mass is 32.1. The highest BCUT2D eigenvalue weighted by Gasteiger charge is 2.29. The molecular weight excluding hydrogens is 357 g/mol. The van der Waals surface area contributed by atoms with Gasteiger partial charge in [0.15, 0.2) is 0 Å². The van der Waals surface area contributed by atoms with Crippen LogP contribution < -0.4 is 5.32 Å². The number of nitrogens with one attached hydrogen (secondary N) is 1. The van der Waals surface area contributed by atoms with E-state index in [1.165, 1.54) is 23.5 Å². The third-order valence-electron chi connectivity index (χ3n) is 3.12.